The van der Waals surface area contributed by atoms with Gasteiger partial charge in [-0.15, -0.1) is 0 Å². The minimum Gasteiger partial charge on any atom is -0.396 e. The fourth-order valence-corrected chi connectivity index (χ4v) is 3.46. The molecule has 8 nitrogen and oxygen atoms in total. The Labute approximate surface area is 193 Å². The standard InChI is InChI=1S/C18H19ClN6O.C5H11N/c1-11-9-15(20)17(23-10-11)25(21)13-6-4-12(5-7-13)18(26)24-16-14(19)3-2-8-22-16;1-2-4-6-5-3-1/h2-9,23H,10,20-21H2,1H3,(H,22,24,26);6H,1-5H2. The number of carbonyl (C=O) groups is 1. The van der Waals surface area contributed by atoms with Crippen LogP contribution in [0.2, 0.25) is 5.02 Å². The molecule has 1 amide bonds. The molecule has 1 aromatic heterocycles. The molecule has 4 rings (SSSR count). The SMILES string of the molecule is C1CCNCC1.CC1=CC(N)=C(N(N)c2ccc(C(=O)Nc3ncccc3Cl)cc2)NC1. The number of anilines is 2. The van der Waals surface area contributed by atoms with Crippen molar-refractivity contribution in [3.8, 4) is 0 Å². The lowest BCUT2D eigenvalue weighted by atomic mass is 10.1. The zero-order valence-electron chi connectivity index (χ0n) is 18.2. The predicted octanol–water partition coefficient (Wildman–Crippen LogP) is 3.10. The first kappa shape index (κ1) is 23.6. The van der Waals surface area contributed by atoms with Crippen molar-refractivity contribution in [3.63, 3.8) is 0 Å². The molecule has 0 atom stereocenters. The lowest BCUT2D eigenvalue weighted by molar-refractivity contribution is 0.102. The van der Waals surface area contributed by atoms with E-state index in [0.29, 0.717) is 40.2 Å². The van der Waals surface area contributed by atoms with Gasteiger partial charge < -0.3 is 21.7 Å². The van der Waals surface area contributed by atoms with Crippen molar-refractivity contribution < 1.29 is 4.79 Å². The van der Waals surface area contributed by atoms with Crippen molar-refractivity contribution in [2.45, 2.75) is 26.2 Å². The fraction of sp³-hybridized carbons (Fsp3) is 0.304. The number of nitrogens with two attached hydrogens (primary N) is 2. The molecular formula is C23H30ClN7O. The molecule has 0 radical (unpaired) electrons. The minimum absolute atomic E-state index is 0.311. The second-order valence-corrected chi connectivity index (χ2v) is 8.07. The lowest BCUT2D eigenvalue weighted by Gasteiger charge is -2.27. The molecule has 1 saturated heterocycles. The van der Waals surface area contributed by atoms with E-state index in [4.69, 9.17) is 23.2 Å². The van der Waals surface area contributed by atoms with E-state index in [1.165, 1.54) is 37.4 Å². The summed E-state index contributed by atoms with van der Waals surface area (Å²) in [4.78, 5) is 16.4. The third-order valence-corrected chi connectivity index (χ3v) is 5.36. The molecule has 3 heterocycles. The first-order chi connectivity index (χ1) is 15.5. The van der Waals surface area contributed by atoms with Crippen LogP contribution in [0.25, 0.3) is 0 Å². The third kappa shape index (κ3) is 6.46. The zero-order chi connectivity index (χ0) is 22.9. The summed E-state index contributed by atoms with van der Waals surface area (Å²) in [5.41, 5.74) is 8.85. The number of aromatic nitrogens is 1. The summed E-state index contributed by atoms with van der Waals surface area (Å²) >= 11 is 6.00. The number of allylic oxidation sites excluding steroid dienone is 1. The molecule has 9 heteroatoms. The minimum atomic E-state index is -0.311. The number of carbonyl (C=O) groups excluding carboxylic acids is 1. The van der Waals surface area contributed by atoms with E-state index in [2.05, 4.69) is 20.9 Å². The first-order valence-corrected chi connectivity index (χ1v) is 11.0. The number of halogens is 1. The van der Waals surface area contributed by atoms with Crippen LogP contribution in [0.15, 0.2) is 65.8 Å². The van der Waals surface area contributed by atoms with Crippen LogP contribution in [0, 0.1) is 0 Å². The van der Waals surface area contributed by atoms with Crippen LogP contribution in [0.5, 0.6) is 0 Å². The van der Waals surface area contributed by atoms with Crippen LogP contribution < -0.4 is 32.5 Å². The maximum atomic E-state index is 12.3. The Morgan fingerprint density at radius 3 is 2.44 bits per heavy atom. The van der Waals surface area contributed by atoms with Crippen LogP contribution in [0.1, 0.15) is 36.5 Å². The average Bonchev–Trinajstić information content (AvgIpc) is 2.82. The van der Waals surface area contributed by atoms with Crippen LogP contribution in [0.3, 0.4) is 0 Å². The maximum absolute atomic E-state index is 12.3. The van der Waals surface area contributed by atoms with Crippen molar-refractivity contribution in [1.29, 1.82) is 0 Å². The molecule has 0 saturated carbocycles. The van der Waals surface area contributed by atoms with Gasteiger partial charge in [0.1, 0.15) is 5.82 Å². The Hall–Kier alpha value is -3.07. The van der Waals surface area contributed by atoms with Crippen molar-refractivity contribution >= 4 is 29.0 Å². The molecule has 2 aliphatic heterocycles. The van der Waals surface area contributed by atoms with Crippen molar-refractivity contribution in [1.82, 2.24) is 15.6 Å². The quantitative estimate of drug-likeness (QED) is 0.354. The molecular weight excluding hydrogens is 426 g/mol. The lowest BCUT2D eigenvalue weighted by Crippen LogP contribution is -2.41. The molecule has 2 aromatic rings. The molecule has 0 unspecified atom stereocenters. The van der Waals surface area contributed by atoms with E-state index >= 15 is 0 Å². The molecule has 170 valence electrons. The van der Waals surface area contributed by atoms with Crippen LogP contribution in [-0.4, -0.2) is 30.5 Å². The van der Waals surface area contributed by atoms with Gasteiger partial charge in [0.05, 0.1) is 16.4 Å². The highest BCUT2D eigenvalue weighted by Crippen LogP contribution is 2.21. The van der Waals surface area contributed by atoms with E-state index in [0.717, 1.165) is 5.57 Å². The van der Waals surface area contributed by atoms with Crippen molar-refractivity contribution in [2.75, 3.05) is 30.0 Å². The van der Waals surface area contributed by atoms with Gasteiger partial charge in [0.2, 0.25) is 0 Å². The molecule has 2 aliphatic rings. The third-order valence-electron chi connectivity index (χ3n) is 5.06. The second kappa shape index (κ2) is 11.5. The summed E-state index contributed by atoms with van der Waals surface area (Å²) in [6, 6.07) is 10.2. The van der Waals surface area contributed by atoms with Crippen LogP contribution in [0.4, 0.5) is 11.5 Å². The summed E-state index contributed by atoms with van der Waals surface area (Å²) in [7, 11) is 0. The number of piperidine rings is 1. The van der Waals surface area contributed by atoms with Gasteiger partial charge in [-0.05, 0) is 75.3 Å². The Morgan fingerprint density at radius 2 is 1.88 bits per heavy atom. The number of hydrazine groups is 1. The van der Waals surface area contributed by atoms with Gasteiger partial charge in [-0.3, -0.25) is 9.80 Å². The van der Waals surface area contributed by atoms with Crippen LogP contribution >= 0.6 is 11.6 Å². The van der Waals surface area contributed by atoms with Crippen LogP contribution in [-0.2, 0) is 0 Å². The highest BCUT2D eigenvalue weighted by molar-refractivity contribution is 6.33. The predicted molar refractivity (Wildman–Crippen MR) is 130 cm³/mol. The van der Waals surface area contributed by atoms with Gasteiger partial charge in [0, 0.05) is 18.3 Å². The number of nitrogens with zero attached hydrogens (tertiary/aromatic N) is 2. The topological polar surface area (TPSA) is 121 Å². The number of amides is 1. The van der Waals surface area contributed by atoms with Gasteiger partial charge >= 0.3 is 0 Å². The fourth-order valence-electron chi connectivity index (χ4n) is 3.30. The normalized spacial score (nSPS) is 15.7. The summed E-state index contributed by atoms with van der Waals surface area (Å²) in [5.74, 6) is 6.77. The summed E-state index contributed by atoms with van der Waals surface area (Å²) in [5, 5.41) is 11.0. The largest absolute Gasteiger partial charge is 0.396 e. The maximum Gasteiger partial charge on any atom is 0.256 e. The summed E-state index contributed by atoms with van der Waals surface area (Å²) < 4.78 is 0. The molecule has 1 aromatic carbocycles. The summed E-state index contributed by atoms with van der Waals surface area (Å²) in [6.45, 7) is 5.16. The van der Waals surface area contributed by atoms with E-state index < -0.39 is 0 Å². The molecule has 0 bridgehead atoms. The Morgan fingerprint density at radius 1 is 1.16 bits per heavy atom. The van der Waals surface area contributed by atoms with Gasteiger partial charge in [0.25, 0.3) is 5.91 Å². The van der Waals surface area contributed by atoms with Crippen molar-refractivity contribution in [2.24, 2.45) is 11.6 Å². The molecule has 7 N–H and O–H groups in total. The van der Waals surface area contributed by atoms with Gasteiger partial charge in [-0.1, -0.05) is 23.6 Å². The highest BCUT2D eigenvalue weighted by atomic mass is 35.5. The number of rotatable bonds is 4. The monoisotopic (exact) mass is 455 g/mol. The molecule has 1 fully saturated rings. The smallest absolute Gasteiger partial charge is 0.256 e. The number of nitrogens with one attached hydrogen (secondary N) is 3. The van der Waals surface area contributed by atoms with Gasteiger partial charge in [-0.2, -0.15) is 0 Å². The van der Waals surface area contributed by atoms with E-state index in [9.17, 15) is 4.79 Å². The number of dihydropyridines is 1. The first-order valence-electron chi connectivity index (χ1n) is 10.6. The average molecular weight is 456 g/mol. The number of hydrogen-bond donors (Lipinski definition) is 5. The molecule has 0 aliphatic carbocycles. The molecule has 0 spiro atoms. The Bertz CT molecular complexity index is 973. The van der Waals surface area contributed by atoms with Crippen molar-refractivity contribution in [3.05, 3.63) is 76.3 Å². The summed E-state index contributed by atoms with van der Waals surface area (Å²) in [6.07, 6.45) is 7.65. The molecule has 32 heavy (non-hydrogen) atoms. The number of benzene rings is 1. The Balaban J connectivity index is 0.000000416. The Kier molecular flexibility index (Phi) is 8.49. The van der Waals surface area contributed by atoms with E-state index in [1.807, 2.05) is 13.0 Å². The van der Waals surface area contributed by atoms with E-state index in [1.54, 1.807) is 42.6 Å². The van der Waals surface area contributed by atoms with E-state index in [-0.39, 0.29) is 5.91 Å². The second-order valence-electron chi connectivity index (χ2n) is 7.66. The zero-order valence-corrected chi connectivity index (χ0v) is 19.0. The van der Waals surface area contributed by atoms with Gasteiger partial charge in [0.15, 0.2) is 5.82 Å². The number of hydrogen-bond acceptors (Lipinski definition) is 7. The number of pyridine rings is 1. The van der Waals surface area contributed by atoms with Gasteiger partial charge in [-0.25, -0.2) is 10.8 Å². The highest BCUT2D eigenvalue weighted by Gasteiger charge is 2.16.